The van der Waals surface area contributed by atoms with Crippen molar-refractivity contribution in [2.75, 3.05) is 12.4 Å². The number of amides is 1. The zero-order chi connectivity index (χ0) is 14.5. The first-order chi connectivity index (χ1) is 9.61. The van der Waals surface area contributed by atoms with Crippen molar-refractivity contribution in [3.63, 3.8) is 0 Å². The first-order valence-corrected chi connectivity index (χ1v) is 7.33. The molecule has 1 aliphatic carbocycles. The summed E-state index contributed by atoms with van der Waals surface area (Å²) in [6.45, 7) is 1.99. The van der Waals surface area contributed by atoms with E-state index in [1.54, 1.807) is 7.11 Å². The first-order valence-electron chi connectivity index (χ1n) is 7.33. The Morgan fingerprint density at radius 2 is 2.05 bits per heavy atom. The monoisotopic (exact) mass is 276 g/mol. The van der Waals surface area contributed by atoms with Crippen LogP contribution in [0.2, 0.25) is 0 Å². The quantitative estimate of drug-likeness (QED) is 0.834. The van der Waals surface area contributed by atoms with Crippen molar-refractivity contribution < 1.29 is 9.53 Å². The summed E-state index contributed by atoms with van der Waals surface area (Å²) in [4.78, 5) is 12.5. The molecule has 4 nitrogen and oxygen atoms in total. The van der Waals surface area contributed by atoms with E-state index < -0.39 is 0 Å². The van der Waals surface area contributed by atoms with E-state index >= 15 is 0 Å². The van der Waals surface area contributed by atoms with Gasteiger partial charge in [-0.15, -0.1) is 0 Å². The molecule has 110 valence electrons. The second-order valence-corrected chi connectivity index (χ2v) is 5.60. The summed E-state index contributed by atoms with van der Waals surface area (Å²) in [6, 6.07) is 5.73. The molecule has 0 aliphatic heterocycles. The number of nitrogens with two attached hydrogens (primary N) is 1. The lowest BCUT2D eigenvalue weighted by Crippen LogP contribution is -2.37. The zero-order valence-electron chi connectivity index (χ0n) is 12.3. The van der Waals surface area contributed by atoms with E-state index in [0.717, 1.165) is 36.9 Å². The molecule has 0 radical (unpaired) electrons. The molecule has 1 fully saturated rings. The minimum absolute atomic E-state index is 0.0169. The molecule has 2 unspecified atom stereocenters. The van der Waals surface area contributed by atoms with Crippen LogP contribution in [0.3, 0.4) is 0 Å². The number of nitrogens with one attached hydrogen (secondary N) is 1. The number of hydrogen-bond acceptors (Lipinski definition) is 3. The number of carbonyl (C=O) groups is 1. The SMILES string of the molecule is COc1ccc(C)cc1NC(=O)C1CCCCCC1N. The van der Waals surface area contributed by atoms with E-state index in [-0.39, 0.29) is 17.9 Å². The van der Waals surface area contributed by atoms with Gasteiger partial charge in [0.05, 0.1) is 18.7 Å². The van der Waals surface area contributed by atoms with Crippen LogP contribution in [-0.2, 0) is 4.79 Å². The maximum Gasteiger partial charge on any atom is 0.229 e. The Morgan fingerprint density at radius 1 is 1.30 bits per heavy atom. The van der Waals surface area contributed by atoms with E-state index in [1.165, 1.54) is 6.42 Å². The molecule has 2 atom stereocenters. The molecule has 2 rings (SSSR count). The predicted octanol–water partition coefficient (Wildman–Crippen LogP) is 2.85. The molecular weight excluding hydrogens is 252 g/mol. The van der Waals surface area contributed by atoms with Gasteiger partial charge in [-0.25, -0.2) is 0 Å². The zero-order valence-corrected chi connectivity index (χ0v) is 12.3. The van der Waals surface area contributed by atoms with Crippen molar-refractivity contribution in [3.05, 3.63) is 23.8 Å². The van der Waals surface area contributed by atoms with Crippen molar-refractivity contribution in [2.45, 2.75) is 45.1 Å². The van der Waals surface area contributed by atoms with Gasteiger partial charge in [0, 0.05) is 6.04 Å². The Morgan fingerprint density at radius 3 is 2.80 bits per heavy atom. The summed E-state index contributed by atoms with van der Waals surface area (Å²) < 4.78 is 5.29. The summed E-state index contributed by atoms with van der Waals surface area (Å²) in [5.74, 6) is 0.608. The van der Waals surface area contributed by atoms with Crippen LogP contribution in [0.15, 0.2) is 18.2 Å². The minimum atomic E-state index is -0.0947. The molecule has 4 heteroatoms. The standard InChI is InChI=1S/C16H24N2O2/c1-11-8-9-15(20-2)14(10-11)18-16(19)12-6-4-3-5-7-13(12)17/h8-10,12-13H,3-7,17H2,1-2H3,(H,18,19). The molecule has 1 aromatic carbocycles. The highest BCUT2D eigenvalue weighted by atomic mass is 16.5. The van der Waals surface area contributed by atoms with Gasteiger partial charge in [-0.1, -0.05) is 25.3 Å². The van der Waals surface area contributed by atoms with E-state index in [0.29, 0.717) is 5.75 Å². The van der Waals surface area contributed by atoms with Crippen molar-refractivity contribution in [1.82, 2.24) is 0 Å². The lowest BCUT2D eigenvalue weighted by atomic mass is 9.94. The average molecular weight is 276 g/mol. The van der Waals surface area contributed by atoms with Crippen molar-refractivity contribution >= 4 is 11.6 Å². The van der Waals surface area contributed by atoms with Crippen molar-refractivity contribution in [2.24, 2.45) is 11.7 Å². The van der Waals surface area contributed by atoms with Gasteiger partial charge in [-0.05, 0) is 37.5 Å². The molecule has 20 heavy (non-hydrogen) atoms. The van der Waals surface area contributed by atoms with Gasteiger partial charge in [-0.2, -0.15) is 0 Å². The number of aryl methyl sites for hydroxylation is 1. The molecule has 0 heterocycles. The fourth-order valence-electron chi connectivity index (χ4n) is 2.81. The molecule has 0 bridgehead atoms. The molecule has 0 spiro atoms. The summed E-state index contributed by atoms with van der Waals surface area (Å²) in [5, 5.41) is 2.99. The fraction of sp³-hybridized carbons (Fsp3) is 0.562. The largest absolute Gasteiger partial charge is 0.495 e. The summed E-state index contributed by atoms with van der Waals surface area (Å²) in [6.07, 6.45) is 5.19. The molecule has 0 aromatic heterocycles. The summed E-state index contributed by atoms with van der Waals surface area (Å²) in [5.41, 5.74) is 7.96. The first kappa shape index (κ1) is 14.9. The maximum atomic E-state index is 12.5. The molecule has 0 saturated heterocycles. The Kier molecular flexibility index (Phi) is 5.01. The van der Waals surface area contributed by atoms with Crippen molar-refractivity contribution in [1.29, 1.82) is 0 Å². The molecular formula is C16H24N2O2. The van der Waals surface area contributed by atoms with Gasteiger partial charge in [0.1, 0.15) is 5.75 Å². The number of carbonyl (C=O) groups excluding carboxylic acids is 1. The van der Waals surface area contributed by atoms with Gasteiger partial charge in [0.25, 0.3) is 0 Å². The van der Waals surface area contributed by atoms with E-state index in [4.69, 9.17) is 10.5 Å². The Labute approximate surface area is 120 Å². The highest BCUT2D eigenvalue weighted by Crippen LogP contribution is 2.28. The smallest absolute Gasteiger partial charge is 0.229 e. The maximum absolute atomic E-state index is 12.5. The van der Waals surface area contributed by atoms with Crippen LogP contribution >= 0.6 is 0 Å². The number of ether oxygens (including phenoxy) is 1. The second-order valence-electron chi connectivity index (χ2n) is 5.60. The minimum Gasteiger partial charge on any atom is -0.495 e. The lowest BCUT2D eigenvalue weighted by molar-refractivity contribution is -0.120. The van der Waals surface area contributed by atoms with E-state index in [2.05, 4.69) is 5.32 Å². The highest BCUT2D eigenvalue weighted by Gasteiger charge is 2.27. The third kappa shape index (κ3) is 3.51. The normalized spacial score (nSPS) is 22.9. The Hall–Kier alpha value is -1.55. The van der Waals surface area contributed by atoms with Gasteiger partial charge < -0.3 is 15.8 Å². The van der Waals surface area contributed by atoms with Crippen LogP contribution in [0.25, 0.3) is 0 Å². The number of benzene rings is 1. The third-order valence-corrected chi connectivity index (χ3v) is 4.02. The van der Waals surface area contributed by atoms with E-state index in [9.17, 15) is 4.79 Å². The van der Waals surface area contributed by atoms with Gasteiger partial charge >= 0.3 is 0 Å². The van der Waals surface area contributed by atoms with Gasteiger partial charge in [-0.3, -0.25) is 4.79 Å². The van der Waals surface area contributed by atoms with Crippen molar-refractivity contribution in [3.8, 4) is 5.75 Å². The van der Waals surface area contributed by atoms with Gasteiger partial charge in [0.2, 0.25) is 5.91 Å². The summed E-state index contributed by atoms with van der Waals surface area (Å²) >= 11 is 0. The fourth-order valence-corrected chi connectivity index (χ4v) is 2.81. The third-order valence-electron chi connectivity index (χ3n) is 4.02. The number of methoxy groups -OCH3 is 1. The van der Waals surface area contributed by atoms with Crippen LogP contribution in [-0.4, -0.2) is 19.1 Å². The summed E-state index contributed by atoms with van der Waals surface area (Å²) in [7, 11) is 1.61. The Bertz CT molecular complexity index is 474. The molecule has 1 aliphatic rings. The van der Waals surface area contributed by atoms with Crippen LogP contribution in [0.5, 0.6) is 5.75 Å². The highest BCUT2D eigenvalue weighted by molar-refractivity contribution is 5.94. The van der Waals surface area contributed by atoms with E-state index in [1.807, 2.05) is 25.1 Å². The number of anilines is 1. The average Bonchev–Trinajstić information content (AvgIpc) is 2.63. The lowest BCUT2D eigenvalue weighted by Gasteiger charge is -2.21. The van der Waals surface area contributed by atoms with Crippen LogP contribution < -0.4 is 15.8 Å². The van der Waals surface area contributed by atoms with Crippen LogP contribution in [0, 0.1) is 12.8 Å². The number of rotatable bonds is 3. The molecule has 1 aromatic rings. The van der Waals surface area contributed by atoms with Crippen LogP contribution in [0.1, 0.15) is 37.7 Å². The Balaban J connectivity index is 2.12. The van der Waals surface area contributed by atoms with Gasteiger partial charge in [0.15, 0.2) is 0 Å². The molecule has 3 N–H and O–H groups in total. The predicted molar refractivity (Wildman–Crippen MR) is 80.9 cm³/mol. The second kappa shape index (κ2) is 6.75. The molecule has 1 amide bonds. The van der Waals surface area contributed by atoms with Crippen LogP contribution in [0.4, 0.5) is 5.69 Å². The topological polar surface area (TPSA) is 64.3 Å². The number of hydrogen-bond donors (Lipinski definition) is 2. The molecule has 1 saturated carbocycles.